The number of pyridine rings is 2. The van der Waals surface area contributed by atoms with Crippen molar-refractivity contribution < 1.29 is 4.74 Å². The van der Waals surface area contributed by atoms with Crippen molar-refractivity contribution in [1.29, 1.82) is 0 Å². The van der Waals surface area contributed by atoms with Gasteiger partial charge in [0.2, 0.25) is 5.88 Å². The van der Waals surface area contributed by atoms with E-state index in [1.165, 1.54) is 11.1 Å². The van der Waals surface area contributed by atoms with E-state index in [4.69, 9.17) is 4.74 Å². The highest BCUT2D eigenvalue weighted by molar-refractivity contribution is 5.76. The highest BCUT2D eigenvalue weighted by Crippen LogP contribution is 2.33. The zero-order chi connectivity index (χ0) is 20.9. The van der Waals surface area contributed by atoms with Gasteiger partial charge in [0.05, 0.1) is 5.69 Å². The first kappa shape index (κ1) is 18.8. The monoisotopic (exact) mass is 400 g/mol. The van der Waals surface area contributed by atoms with Gasteiger partial charge in [-0.25, -0.2) is 4.98 Å². The third-order valence-corrected chi connectivity index (χ3v) is 5.05. The Bertz CT molecular complexity index is 1270. The summed E-state index contributed by atoms with van der Waals surface area (Å²) in [6.45, 7) is 0. The lowest BCUT2D eigenvalue weighted by Gasteiger charge is -2.11. The van der Waals surface area contributed by atoms with Crippen LogP contribution in [-0.2, 0) is 0 Å². The molecule has 0 radical (unpaired) electrons. The van der Waals surface area contributed by atoms with Crippen LogP contribution in [0.2, 0.25) is 0 Å². The normalized spacial score (nSPS) is 10.6. The van der Waals surface area contributed by atoms with Gasteiger partial charge in [0, 0.05) is 24.0 Å². The van der Waals surface area contributed by atoms with Crippen LogP contribution in [0.3, 0.4) is 0 Å². The van der Waals surface area contributed by atoms with Crippen molar-refractivity contribution in [3.05, 3.63) is 122 Å². The molecule has 0 amide bonds. The molecule has 2 heterocycles. The van der Waals surface area contributed by atoms with Crippen LogP contribution < -0.4 is 4.74 Å². The molecule has 5 aromatic rings. The molecule has 3 aromatic carbocycles. The van der Waals surface area contributed by atoms with Gasteiger partial charge in [-0.2, -0.15) is 0 Å². The van der Waals surface area contributed by atoms with Crippen molar-refractivity contribution in [3.63, 3.8) is 0 Å². The molecular weight excluding hydrogens is 380 g/mol. The third kappa shape index (κ3) is 4.36. The van der Waals surface area contributed by atoms with Crippen molar-refractivity contribution in [2.75, 3.05) is 0 Å². The molecule has 0 atom stereocenters. The van der Waals surface area contributed by atoms with Crippen molar-refractivity contribution in [2.24, 2.45) is 0 Å². The van der Waals surface area contributed by atoms with Crippen molar-refractivity contribution >= 4 is 0 Å². The maximum atomic E-state index is 6.06. The molecule has 0 bridgehead atoms. The zero-order valence-corrected chi connectivity index (χ0v) is 16.8. The molecule has 3 nitrogen and oxygen atoms in total. The molecule has 0 N–H and O–H groups in total. The van der Waals surface area contributed by atoms with Crippen molar-refractivity contribution in [2.45, 2.75) is 0 Å². The highest BCUT2D eigenvalue weighted by Gasteiger charge is 2.09. The second kappa shape index (κ2) is 8.64. The Kier molecular flexibility index (Phi) is 5.23. The summed E-state index contributed by atoms with van der Waals surface area (Å²) in [4.78, 5) is 8.80. The largest absolute Gasteiger partial charge is 0.439 e. The quantitative estimate of drug-likeness (QED) is 0.311. The van der Waals surface area contributed by atoms with Gasteiger partial charge in [0.25, 0.3) is 0 Å². The third-order valence-electron chi connectivity index (χ3n) is 5.05. The Balaban J connectivity index is 1.55. The van der Waals surface area contributed by atoms with Crippen LogP contribution in [-0.4, -0.2) is 9.97 Å². The van der Waals surface area contributed by atoms with Crippen LogP contribution in [0.1, 0.15) is 0 Å². The average Bonchev–Trinajstić information content (AvgIpc) is 2.86. The van der Waals surface area contributed by atoms with Gasteiger partial charge in [-0.3, -0.25) is 4.98 Å². The SMILES string of the molecule is c1ccc(-c2ccc(-c3cc(Oc4ccccn4)cc(-c4ccccn4)c3)cc2)cc1. The Morgan fingerprint density at radius 1 is 0.452 bits per heavy atom. The Morgan fingerprint density at radius 2 is 1.06 bits per heavy atom. The van der Waals surface area contributed by atoms with Crippen LogP contribution in [0.25, 0.3) is 33.5 Å². The molecular formula is C28H20N2O. The number of hydrogen-bond donors (Lipinski definition) is 0. The first-order valence-corrected chi connectivity index (χ1v) is 10.2. The minimum Gasteiger partial charge on any atom is -0.439 e. The molecule has 2 aromatic heterocycles. The smallest absolute Gasteiger partial charge is 0.219 e. The summed E-state index contributed by atoms with van der Waals surface area (Å²) in [5.74, 6) is 1.29. The van der Waals surface area contributed by atoms with E-state index in [9.17, 15) is 0 Å². The van der Waals surface area contributed by atoms with E-state index in [0.29, 0.717) is 5.88 Å². The number of benzene rings is 3. The van der Waals surface area contributed by atoms with Gasteiger partial charge in [-0.05, 0) is 58.7 Å². The molecule has 0 aliphatic carbocycles. The molecule has 0 aliphatic rings. The van der Waals surface area contributed by atoms with E-state index >= 15 is 0 Å². The standard InChI is InChI=1S/C28H20N2O/c1-2-8-21(9-3-1)22-12-14-23(15-13-22)24-18-25(27-10-4-6-16-29-27)20-26(19-24)31-28-11-5-7-17-30-28/h1-20H. The number of hydrogen-bond acceptors (Lipinski definition) is 3. The predicted molar refractivity (Wildman–Crippen MR) is 125 cm³/mol. The van der Waals surface area contributed by atoms with E-state index in [1.54, 1.807) is 12.4 Å². The number of rotatable bonds is 5. The van der Waals surface area contributed by atoms with Crippen molar-refractivity contribution in [3.8, 4) is 45.1 Å². The lowest BCUT2D eigenvalue weighted by Crippen LogP contribution is -1.91. The van der Waals surface area contributed by atoms with E-state index in [-0.39, 0.29) is 0 Å². The van der Waals surface area contributed by atoms with E-state index in [1.807, 2.05) is 54.6 Å². The fourth-order valence-electron chi connectivity index (χ4n) is 3.52. The summed E-state index contributed by atoms with van der Waals surface area (Å²) in [5, 5.41) is 0. The van der Waals surface area contributed by atoms with E-state index in [0.717, 1.165) is 28.1 Å². The fourth-order valence-corrected chi connectivity index (χ4v) is 3.52. The molecule has 5 rings (SSSR count). The Hall–Kier alpha value is -4.24. The first-order valence-electron chi connectivity index (χ1n) is 10.2. The molecule has 0 unspecified atom stereocenters. The lowest BCUT2D eigenvalue weighted by molar-refractivity contribution is 0.463. The first-order chi connectivity index (χ1) is 15.3. The predicted octanol–water partition coefficient (Wildman–Crippen LogP) is 7.27. The summed E-state index contributed by atoms with van der Waals surface area (Å²) >= 11 is 0. The van der Waals surface area contributed by atoms with Crippen LogP contribution in [0, 0.1) is 0 Å². The van der Waals surface area contributed by atoms with Crippen LogP contribution in [0.4, 0.5) is 0 Å². The minimum atomic E-state index is 0.561. The lowest BCUT2D eigenvalue weighted by atomic mass is 9.98. The topological polar surface area (TPSA) is 35.0 Å². The maximum absolute atomic E-state index is 6.06. The fraction of sp³-hybridized carbons (Fsp3) is 0. The molecule has 0 fully saturated rings. The molecule has 3 heteroatoms. The summed E-state index contributed by atoms with van der Waals surface area (Å²) in [6, 6.07) is 36.7. The number of nitrogens with zero attached hydrogens (tertiary/aromatic N) is 2. The van der Waals surface area contributed by atoms with E-state index < -0.39 is 0 Å². The minimum absolute atomic E-state index is 0.561. The van der Waals surface area contributed by atoms with Gasteiger partial charge >= 0.3 is 0 Å². The Labute approximate surface area is 181 Å². The molecule has 0 aliphatic heterocycles. The van der Waals surface area contributed by atoms with Crippen molar-refractivity contribution in [1.82, 2.24) is 9.97 Å². The second-order valence-electron chi connectivity index (χ2n) is 7.17. The molecule has 31 heavy (non-hydrogen) atoms. The van der Waals surface area contributed by atoms with Gasteiger partial charge in [0.15, 0.2) is 0 Å². The number of aromatic nitrogens is 2. The molecule has 148 valence electrons. The van der Waals surface area contributed by atoms with Crippen LogP contribution >= 0.6 is 0 Å². The van der Waals surface area contributed by atoms with Crippen LogP contribution in [0.15, 0.2) is 122 Å². The second-order valence-corrected chi connectivity index (χ2v) is 7.17. The van der Waals surface area contributed by atoms with Gasteiger partial charge < -0.3 is 4.74 Å². The average molecular weight is 400 g/mol. The maximum Gasteiger partial charge on any atom is 0.219 e. The number of ether oxygens (including phenoxy) is 1. The van der Waals surface area contributed by atoms with Crippen LogP contribution in [0.5, 0.6) is 11.6 Å². The molecule has 0 saturated heterocycles. The van der Waals surface area contributed by atoms with Gasteiger partial charge in [-0.1, -0.05) is 66.7 Å². The Morgan fingerprint density at radius 3 is 1.74 bits per heavy atom. The summed E-state index contributed by atoms with van der Waals surface area (Å²) in [5.41, 5.74) is 6.47. The highest BCUT2D eigenvalue weighted by atomic mass is 16.5. The molecule has 0 saturated carbocycles. The summed E-state index contributed by atoms with van der Waals surface area (Å²) < 4.78 is 6.06. The molecule has 0 spiro atoms. The van der Waals surface area contributed by atoms with Gasteiger partial charge in [-0.15, -0.1) is 0 Å². The zero-order valence-electron chi connectivity index (χ0n) is 16.8. The van der Waals surface area contributed by atoms with Gasteiger partial charge in [0.1, 0.15) is 5.75 Å². The summed E-state index contributed by atoms with van der Waals surface area (Å²) in [6.07, 6.45) is 3.52. The summed E-state index contributed by atoms with van der Waals surface area (Å²) in [7, 11) is 0. The van der Waals surface area contributed by atoms with E-state index in [2.05, 4.69) is 64.6 Å².